The van der Waals surface area contributed by atoms with Gasteiger partial charge in [0.15, 0.2) is 0 Å². The SMILES string of the molecule is CCCOc1ccc(C(=O)NCC(CCCCNC(=O)OC(C)(C)C)C(=O)O)cc1. The number of carbonyl (C=O) groups is 3. The summed E-state index contributed by atoms with van der Waals surface area (Å²) in [4.78, 5) is 35.3. The molecular weight excluding hydrogens is 388 g/mol. The smallest absolute Gasteiger partial charge is 0.407 e. The maximum Gasteiger partial charge on any atom is 0.407 e. The van der Waals surface area contributed by atoms with Crippen LogP contribution in [0.4, 0.5) is 4.79 Å². The molecule has 1 unspecified atom stereocenters. The molecule has 0 heterocycles. The lowest BCUT2D eigenvalue weighted by Crippen LogP contribution is -2.34. The first-order valence-corrected chi connectivity index (χ1v) is 10.3. The number of rotatable bonds is 12. The molecule has 3 N–H and O–H groups in total. The number of nitrogens with one attached hydrogen (secondary N) is 2. The van der Waals surface area contributed by atoms with Gasteiger partial charge in [0.05, 0.1) is 12.5 Å². The van der Waals surface area contributed by atoms with Crippen LogP contribution in [0.5, 0.6) is 5.75 Å². The van der Waals surface area contributed by atoms with Crippen molar-refractivity contribution in [3.05, 3.63) is 29.8 Å². The molecule has 0 fully saturated rings. The predicted octanol–water partition coefficient (Wildman–Crippen LogP) is 3.60. The van der Waals surface area contributed by atoms with Crippen molar-refractivity contribution >= 4 is 18.0 Å². The summed E-state index contributed by atoms with van der Waals surface area (Å²) in [7, 11) is 0. The molecule has 1 aromatic rings. The van der Waals surface area contributed by atoms with Crippen LogP contribution in [0.25, 0.3) is 0 Å². The summed E-state index contributed by atoms with van der Waals surface area (Å²) in [6.07, 6.45) is 2.03. The van der Waals surface area contributed by atoms with Crippen molar-refractivity contribution in [2.75, 3.05) is 19.7 Å². The van der Waals surface area contributed by atoms with Crippen LogP contribution in [-0.4, -0.2) is 48.4 Å². The van der Waals surface area contributed by atoms with E-state index in [1.165, 1.54) is 0 Å². The van der Waals surface area contributed by atoms with Crippen molar-refractivity contribution in [1.29, 1.82) is 0 Å². The summed E-state index contributed by atoms with van der Waals surface area (Å²) in [5.74, 6) is -1.28. The molecule has 0 bridgehead atoms. The van der Waals surface area contributed by atoms with Crippen LogP contribution in [0.3, 0.4) is 0 Å². The lowest BCUT2D eigenvalue weighted by atomic mass is 10.0. The number of carboxylic acid groups (broad SMARTS) is 1. The summed E-state index contributed by atoms with van der Waals surface area (Å²) in [5, 5.41) is 14.7. The Hall–Kier alpha value is -2.77. The highest BCUT2D eigenvalue weighted by molar-refractivity contribution is 5.94. The van der Waals surface area contributed by atoms with Gasteiger partial charge >= 0.3 is 12.1 Å². The molecule has 1 rings (SSSR count). The zero-order chi connectivity index (χ0) is 22.6. The molecule has 1 atom stereocenters. The Morgan fingerprint density at radius 1 is 1.07 bits per heavy atom. The van der Waals surface area contributed by atoms with E-state index in [4.69, 9.17) is 9.47 Å². The maximum absolute atomic E-state index is 12.3. The maximum atomic E-state index is 12.3. The fourth-order valence-corrected chi connectivity index (χ4v) is 2.57. The van der Waals surface area contributed by atoms with E-state index < -0.39 is 23.6 Å². The molecule has 0 aliphatic carbocycles. The van der Waals surface area contributed by atoms with Gasteiger partial charge in [0, 0.05) is 18.7 Å². The van der Waals surface area contributed by atoms with E-state index in [2.05, 4.69) is 10.6 Å². The highest BCUT2D eigenvalue weighted by Crippen LogP contribution is 2.13. The third-order valence-corrected chi connectivity index (χ3v) is 4.10. The van der Waals surface area contributed by atoms with Gasteiger partial charge in [-0.05, 0) is 64.3 Å². The van der Waals surface area contributed by atoms with Crippen molar-refractivity contribution in [3.8, 4) is 5.75 Å². The summed E-state index contributed by atoms with van der Waals surface area (Å²) >= 11 is 0. The lowest BCUT2D eigenvalue weighted by Gasteiger charge is -2.19. The molecule has 8 nitrogen and oxygen atoms in total. The Bertz CT molecular complexity index is 682. The standard InChI is InChI=1S/C22H34N2O6/c1-5-14-29-18-11-9-16(10-12-18)19(25)24-15-17(20(26)27)8-6-7-13-23-21(28)30-22(2,3)4/h9-12,17H,5-8,13-15H2,1-4H3,(H,23,28)(H,24,25)(H,26,27). The normalized spacial score (nSPS) is 12.0. The van der Waals surface area contributed by atoms with Gasteiger partial charge in [-0.25, -0.2) is 4.79 Å². The van der Waals surface area contributed by atoms with E-state index in [-0.39, 0.29) is 12.5 Å². The van der Waals surface area contributed by atoms with Gasteiger partial charge in [0.2, 0.25) is 0 Å². The highest BCUT2D eigenvalue weighted by Gasteiger charge is 2.19. The Morgan fingerprint density at radius 3 is 2.30 bits per heavy atom. The van der Waals surface area contributed by atoms with Crippen LogP contribution in [0.15, 0.2) is 24.3 Å². The summed E-state index contributed by atoms with van der Waals surface area (Å²) < 4.78 is 10.6. The predicted molar refractivity (Wildman–Crippen MR) is 114 cm³/mol. The lowest BCUT2D eigenvalue weighted by molar-refractivity contribution is -0.141. The molecule has 8 heteroatoms. The molecule has 0 saturated carbocycles. The van der Waals surface area contributed by atoms with Crippen molar-refractivity contribution in [2.24, 2.45) is 5.92 Å². The second kappa shape index (κ2) is 12.7. The number of aliphatic carboxylic acids is 1. The number of benzene rings is 1. The van der Waals surface area contributed by atoms with Crippen LogP contribution in [0.2, 0.25) is 0 Å². The third kappa shape index (κ3) is 10.7. The number of carboxylic acids is 1. The van der Waals surface area contributed by atoms with Crippen molar-refractivity contribution < 1.29 is 29.0 Å². The molecule has 0 saturated heterocycles. The second-order valence-electron chi connectivity index (χ2n) is 8.04. The third-order valence-electron chi connectivity index (χ3n) is 4.10. The number of alkyl carbamates (subject to hydrolysis) is 1. The van der Waals surface area contributed by atoms with Crippen molar-refractivity contribution in [3.63, 3.8) is 0 Å². The van der Waals surface area contributed by atoms with Gasteiger partial charge in [-0.1, -0.05) is 13.3 Å². The Labute approximate surface area is 178 Å². The molecule has 0 aliphatic rings. The van der Waals surface area contributed by atoms with E-state index >= 15 is 0 Å². The molecule has 168 valence electrons. The molecular formula is C22H34N2O6. The Balaban J connectivity index is 2.35. The minimum atomic E-state index is -0.960. The minimum absolute atomic E-state index is 0.0434. The summed E-state index contributed by atoms with van der Waals surface area (Å²) in [6, 6.07) is 6.74. The van der Waals surface area contributed by atoms with Gasteiger partial charge in [-0.3, -0.25) is 9.59 Å². The number of hydrogen-bond acceptors (Lipinski definition) is 5. The number of unbranched alkanes of at least 4 members (excludes halogenated alkanes) is 1. The average molecular weight is 423 g/mol. The van der Waals surface area contributed by atoms with Crippen LogP contribution in [-0.2, 0) is 9.53 Å². The first-order chi connectivity index (χ1) is 14.1. The van der Waals surface area contributed by atoms with E-state index in [1.807, 2.05) is 6.92 Å². The molecule has 2 amide bonds. The van der Waals surface area contributed by atoms with Crippen molar-refractivity contribution in [1.82, 2.24) is 10.6 Å². The summed E-state index contributed by atoms with van der Waals surface area (Å²) in [5.41, 5.74) is -0.107. The van der Waals surface area contributed by atoms with E-state index in [0.717, 1.165) is 6.42 Å². The van der Waals surface area contributed by atoms with Gasteiger partial charge in [0.1, 0.15) is 11.4 Å². The molecule has 30 heavy (non-hydrogen) atoms. The number of ether oxygens (including phenoxy) is 2. The molecule has 0 aromatic heterocycles. The number of carbonyl (C=O) groups excluding carboxylic acids is 2. The largest absolute Gasteiger partial charge is 0.494 e. The number of hydrogen-bond donors (Lipinski definition) is 3. The topological polar surface area (TPSA) is 114 Å². The van der Waals surface area contributed by atoms with Crippen LogP contribution < -0.4 is 15.4 Å². The van der Waals surface area contributed by atoms with Crippen LogP contribution in [0.1, 0.15) is 63.7 Å². The van der Waals surface area contributed by atoms with Crippen LogP contribution in [0, 0.1) is 5.92 Å². The summed E-state index contributed by atoms with van der Waals surface area (Å²) in [6.45, 7) is 8.42. The Morgan fingerprint density at radius 2 is 1.73 bits per heavy atom. The van der Waals surface area contributed by atoms with Gasteiger partial charge in [0.25, 0.3) is 5.91 Å². The van der Waals surface area contributed by atoms with Gasteiger partial charge in [-0.2, -0.15) is 0 Å². The fourth-order valence-electron chi connectivity index (χ4n) is 2.57. The van der Waals surface area contributed by atoms with E-state index in [0.29, 0.717) is 43.7 Å². The van der Waals surface area contributed by atoms with Crippen LogP contribution >= 0.6 is 0 Å². The quantitative estimate of drug-likeness (QED) is 0.444. The number of amides is 2. The minimum Gasteiger partial charge on any atom is -0.494 e. The fraction of sp³-hybridized carbons (Fsp3) is 0.591. The average Bonchev–Trinajstić information content (AvgIpc) is 2.66. The van der Waals surface area contributed by atoms with E-state index in [1.54, 1.807) is 45.0 Å². The zero-order valence-electron chi connectivity index (χ0n) is 18.3. The molecule has 0 radical (unpaired) electrons. The first kappa shape index (κ1) is 25.3. The highest BCUT2D eigenvalue weighted by atomic mass is 16.6. The van der Waals surface area contributed by atoms with Crippen molar-refractivity contribution in [2.45, 2.75) is 59.0 Å². The van der Waals surface area contributed by atoms with Gasteiger partial charge in [-0.15, -0.1) is 0 Å². The second-order valence-corrected chi connectivity index (χ2v) is 8.04. The Kier molecular flexibility index (Phi) is 10.7. The van der Waals surface area contributed by atoms with E-state index in [9.17, 15) is 19.5 Å². The molecule has 0 spiro atoms. The molecule has 1 aromatic carbocycles. The monoisotopic (exact) mass is 422 g/mol. The van der Waals surface area contributed by atoms with Gasteiger partial charge < -0.3 is 25.2 Å². The zero-order valence-corrected chi connectivity index (χ0v) is 18.3. The molecule has 0 aliphatic heterocycles. The first-order valence-electron chi connectivity index (χ1n) is 10.3.